The van der Waals surface area contributed by atoms with Crippen molar-refractivity contribution in [2.24, 2.45) is 0 Å². The van der Waals surface area contributed by atoms with E-state index in [4.69, 9.17) is 0 Å². The maximum atomic E-state index is 13.4. The van der Waals surface area contributed by atoms with E-state index in [-0.39, 0.29) is 17.9 Å². The van der Waals surface area contributed by atoms with Crippen LogP contribution in [-0.2, 0) is 11.3 Å². The second kappa shape index (κ2) is 12.1. The summed E-state index contributed by atoms with van der Waals surface area (Å²) in [5.74, 6) is -0.372. The second-order valence-electron chi connectivity index (χ2n) is 10.7. The van der Waals surface area contributed by atoms with Gasteiger partial charge in [0.05, 0.1) is 17.3 Å². The van der Waals surface area contributed by atoms with Crippen molar-refractivity contribution in [2.75, 3.05) is 23.7 Å². The summed E-state index contributed by atoms with van der Waals surface area (Å²) in [6.45, 7) is 5.25. The quantitative estimate of drug-likeness (QED) is 0.199. The molecule has 2 aliphatic heterocycles. The fraction of sp³-hybridized carbons (Fsp3) is 0.235. The highest BCUT2D eigenvalue weighted by atomic mass is 32.1. The molecule has 0 unspecified atom stereocenters. The summed E-state index contributed by atoms with van der Waals surface area (Å²) in [5, 5.41) is 13.6. The Labute approximate surface area is 245 Å². The Balaban J connectivity index is 1.28. The van der Waals surface area contributed by atoms with Gasteiger partial charge in [-0.15, -0.1) is 0 Å². The van der Waals surface area contributed by atoms with Crippen LogP contribution in [0.25, 0.3) is 11.3 Å². The molecule has 0 saturated carbocycles. The first kappa shape index (κ1) is 27.0. The number of piperidine rings is 1. The van der Waals surface area contributed by atoms with Gasteiger partial charge in [-0.1, -0.05) is 48.9 Å². The lowest BCUT2D eigenvalue weighted by atomic mass is 9.99. The lowest BCUT2D eigenvalue weighted by Gasteiger charge is -2.26. The molecule has 208 valence electrons. The van der Waals surface area contributed by atoms with Gasteiger partial charge >= 0.3 is 0 Å². The van der Waals surface area contributed by atoms with Gasteiger partial charge in [0.2, 0.25) is 0 Å². The van der Waals surface area contributed by atoms with Crippen LogP contribution in [0.15, 0.2) is 89.6 Å². The monoisotopic (exact) mass is 562 g/mol. The van der Waals surface area contributed by atoms with Crippen molar-refractivity contribution >= 4 is 45.8 Å². The van der Waals surface area contributed by atoms with Crippen LogP contribution in [0.5, 0.6) is 0 Å². The van der Waals surface area contributed by atoms with E-state index in [9.17, 15) is 9.59 Å². The summed E-state index contributed by atoms with van der Waals surface area (Å²) in [5.41, 5.74) is 7.33. The molecule has 7 heteroatoms. The number of amides is 2. The zero-order valence-corrected chi connectivity index (χ0v) is 24.0. The van der Waals surface area contributed by atoms with E-state index in [2.05, 4.69) is 45.1 Å². The van der Waals surface area contributed by atoms with E-state index < -0.39 is 0 Å². The molecule has 0 radical (unpaired) electrons. The first-order chi connectivity index (χ1) is 20.0. The van der Waals surface area contributed by atoms with Gasteiger partial charge in [0, 0.05) is 40.0 Å². The van der Waals surface area contributed by atoms with Crippen molar-refractivity contribution in [3.8, 4) is 0 Å². The summed E-state index contributed by atoms with van der Waals surface area (Å²) in [7, 11) is 0. The van der Waals surface area contributed by atoms with Crippen molar-refractivity contribution < 1.29 is 9.59 Å². The fourth-order valence-electron chi connectivity index (χ4n) is 5.56. The SMILES string of the molecule is C[C@@H](NC(=O)c1ccc2c(c1)/C(=C(/Nc1ccc(CN3CCCCC3)cc1)c1ccsc1)C(=O)N2)c1ccccc1. The molecule has 3 N–H and O–H groups in total. The number of thiophene rings is 1. The van der Waals surface area contributed by atoms with Crippen LogP contribution in [0.4, 0.5) is 11.4 Å². The van der Waals surface area contributed by atoms with E-state index in [1.165, 1.54) is 24.8 Å². The minimum absolute atomic E-state index is 0.146. The number of nitrogens with zero attached hydrogens (tertiary/aromatic N) is 1. The molecule has 41 heavy (non-hydrogen) atoms. The summed E-state index contributed by atoms with van der Waals surface area (Å²) in [6, 6.07) is 25.6. The summed E-state index contributed by atoms with van der Waals surface area (Å²) in [6.07, 6.45) is 3.88. The summed E-state index contributed by atoms with van der Waals surface area (Å²) < 4.78 is 0. The van der Waals surface area contributed by atoms with Gasteiger partial charge in [-0.3, -0.25) is 14.5 Å². The van der Waals surface area contributed by atoms with E-state index in [0.29, 0.717) is 22.4 Å². The molecule has 0 bridgehead atoms. The van der Waals surface area contributed by atoms with Crippen molar-refractivity contribution in [3.05, 3.63) is 117 Å². The second-order valence-corrected chi connectivity index (χ2v) is 11.5. The zero-order chi connectivity index (χ0) is 28.2. The molecule has 6 rings (SSSR count). The Morgan fingerprint density at radius 2 is 1.73 bits per heavy atom. The highest BCUT2D eigenvalue weighted by Gasteiger charge is 2.30. The first-order valence-electron chi connectivity index (χ1n) is 14.2. The van der Waals surface area contributed by atoms with Crippen LogP contribution in [-0.4, -0.2) is 29.8 Å². The van der Waals surface area contributed by atoms with Crippen LogP contribution in [0.2, 0.25) is 0 Å². The normalized spacial score (nSPS) is 17.0. The van der Waals surface area contributed by atoms with Crippen LogP contribution in [0.1, 0.15) is 64.8 Å². The zero-order valence-electron chi connectivity index (χ0n) is 23.2. The number of benzene rings is 3. The van der Waals surface area contributed by atoms with Gasteiger partial charge in [-0.05, 0) is 85.8 Å². The number of anilines is 2. The molecule has 1 aromatic heterocycles. The van der Waals surface area contributed by atoms with Gasteiger partial charge in [-0.2, -0.15) is 11.3 Å². The largest absolute Gasteiger partial charge is 0.354 e. The van der Waals surface area contributed by atoms with Gasteiger partial charge in [0.25, 0.3) is 11.8 Å². The number of carbonyl (C=O) groups is 2. The average Bonchev–Trinajstić information content (AvgIpc) is 3.65. The molecule has 1 fully saturated rings. The van der Waals surface area contributed by atoms with Crippen LogP contribution in [0.3, 0.4) is 0 Å². The topological polar surface area (TPSA) is 73.5 Å². The van der Waals surface area contributed by atoms with Gasteiger partial charge in [0.1, 0.15) is 0 Å². The molecular weight excluding hydrogens is 528 g/mol. The predicted octanol–water partition coefficient (Wildman–Crippen LogP) is 7.16. The van der Waals surface area contributed by atoms with E-state index in [1.54, 1.807) is 17.4 Å². The number of hydrogen-bond donors (Lipinski definition) is 3. The molecule has 0 aliphatic carbocycles. The number of rotatable bonds is 8. The number of hydrogen-bond acceptors (Lipinski definition) is 5. The van der Waals surface area contributed by atoms with Crippen molar-refractivity contribution in [2.45, 2.75) is 38.8 Å². The maximum absolute atomic E-state index is 13.4. The standard InChI is InChI=1S/C34H34N4O2S/c1-23(25-8-4-2-5-9-25)35-33(39)26-12-15-30-29(20-26)31(34(40)37-30)32(27-16-19-41-22-27)36-28-13-10-24(11-14-28)21-38-17-6-3-7-18-38/h2,4-5,8-16,19-20,22-23,36H,3,6-7,17-18,21H2,1H3,(H,35,39)(H,37,40)/b32-31-/t23-/m1/s1. The fourth-order valence-corrected chi connectivity index (χ4v) is 6.21. The van der Waals surface area contributed by atoms with E-state index in [0.717, 1.165) is 42.1 Å². The Kier molecular flexibility index (Phi) is 7.98. The lowest BCUT2D eigenvalue weighted by Crippen LogP contribution is -2.29. The van der Waals surface area contributed by atoms with Crippen molar-refractivity contribution in [3.63, 3.8) is 0 Å². The minimum Gasteiger partial charge on any atom is -0.354 e. The molecule has 3 aromatic carbocycles. The van der Waals surface area contributed by atoms with Gasteiger partial charge < -0.3 is 16.0 Å². The third-order valence-corrected chi connectivity index (χ3v) is 8.49. The predicted molar refractivity (Wildman–Crippen MR) is 168 cm³/mol. The van der Waals surface area contributed by atoms with Crippen LogP contribution in [0, 0.1) is 0 Å². The first-order valence-corrected chi connectivity index (χ1v) is 15.2. The molecule has 2 aliphatic rings. The smallest absolute Gasteiger partial charge is 0.258 e. The molecule has 0 spiro atoms. The van der Waals surface area contributed by atoms with Gasteiger partial charge in [-0.25, -0.2) is 0 Å². The lowest BCUT2D eigenvalue weighted by molar-refractivity contribution is -0.110. The maximum Gasteiger partial charge on any atom is 0.258 e. The molecule has 2 amide bonds. The number of fused-ring (bicyclic) bond motifs is 1. The third-order valence-electron chi connectivity index (χ3n) is 7.81. The summed E-state index contributed by atoms with van der Waals surface area (Å²) in [4.78, 5) is 29.1. The third kappa shape index (κ3) is 6.11. The number of likely N-dealkylation sites (tertiary alicyclic amines) is 1. The summed E-state index contributed by atoms with van der Waals surface area (Å²) >= 11 is 1.58. The van der Waals surface area contributed by atoms with Crippen LogP contribution < -0.4 is 16.0 Å². The Morgan fingerprint density at radius 3 is 2.46 bits per heavy atom. The average molecular weight is 563 g/mol. The molecule has 1 atom stereocenters. The van der Waals surface area contributed by atoms with E-state index in [1.807, 2.05) is 66.2 Å². The number of nitrogens with one attached hydrogen (secondary N) is 3. The Morgan fingerprint density at radius 1 is 0.951 bits per heavy atom. The highest BCUT2D eigenvalue weighted by molar-refractivity contribution is 7.08. The Bertz CT molecular complexity index is 1560. The highest BCUT2D eigenvalue weighted by Crippen LogP contribution is 2.38. The van der Waals surface area contributed by atoms with Crippen molar-refractivity contribution in [1.29, 1.82) is 0 Å². The van der Waals surface area contributed by atoms with E-state index >= 15 is 0 Å². The number of carbonyl (C=O) groups excluding carboxylic acids is 2. The molecule has 3 heterocycles. The molecule has 1 saturated heterocycles. The van der Waals surface area contributed by atoms with Gasteiger partial charge in [0.15, 0.2) is 0 Å². The molecule has 6 nitrogen and oxygen atoms in total. The molecular formula is C34H34N4O2S. The Hall–Kier alpha value is -4.20. The van der Waals surface area contributed by atoms with Crippen molar-refractivity contribution in [1.82, 2.24) is 10.2 Å². The van der Waals surface area contributed by atoms with Crippen LogP contribution >= 0.6 is 11.3 Å². The molecule has 4 aromatic rings. The minimum atomic E-state index is -0.189.